The van der Waals surface area contributed by atoms with Gasteiger partial charge in [-0.25, -0.2) is 9.97 Å². The maximum Gasteiger partial charge on any atom is 0.157 e. The van der Waals surface area contributed by atoms with E-state index in [1.54, 1.807) is 0 Å². The predicted octanol–water partition coefficient (Wildman–Crippen LogP) is 2.95. The molecule has 0 spiro atoms. The molecule has 1 saturated carbocycles. The summed E-state index contributed by atoms with van der Waals surface area (Å²) in [5, 5.41) is 3.73. The molecule has 0 aliphatic heterocycles. The highest BCUT2D eigenvalue weighted by atomic mass is 35.5. The molecule has 0 amide bonds. The number of rotatable bonds is 2. The van der Waals surface area contributed by atoms with Gasteiger partial charge in [0, 0.05) is 6.04 Å². The van der Waals surface area contributed by atoms with Gasteiger partial charge in [-0.05, 0) is 18.3 Å². The van der Waals surface area contributed by atoms with Gasteiger partial charge in [-0.2, -0.15) is 0 Å². The lowest BCUT2D eigenvalue weighted by Crippen LogP contribution is -2.35. The summed E-state index contributed by atoms with van der Waals surface area (Å²) in [4.78, 5) is 8.02. The summed E-state index contributed by atoms with van der Waals surface area (Å²) in [6.45, 7) is 4.58. The zero-order valence-corrected chi connectivity index (χ0v) is 11.0. The van der Waals surface area contributed by atoms with Gasteiger partial charge >= 0.3 is 0 Å². The second-order valence-electron chi connectivity index (χ2n) is 4.94. The van der Waals surface area contributed by atoms with Crippen molar-refractivity contribution >= 4 is 23.1 Å². The number of hydrogen-bond acceptors (Lipinski definition) is 4. The smallest absolute Gasteiger partial charge is 0.157 e. The Bertz CT molecular complexity index is 396. The van der Waals surface area contributed by atoms with Crippen LogP contribution in [0.4, 0.5) is 11.5 Å². The summed E-state index contributed by atoms with van der Waals surface area (Å²) < 4.78 is 0. The van der Waals surface area contributed by atoms with Gasteiger partial charge in [0.15, 0.2) is 11.0 Å². The molecule has 1 aliphatic carbocycles. The second-order valence-corrected chi connectivity index (χ2v) is 5.30. The molecule has 3 N–H and O–H groups in total. The fourth-order valence-electron chi connectivity index (χ4n) is 2.45. The zero-order chi connectivity index (χ0) is 12.4. The third kappa shape index (κ3) is 2.63. The molecule has 3 unspecified atom stereocenters. The van der Waals surface area contributed by atoms with Crippen LogP contribution in [0, 0.1) is 11.8 Å². The Hall–Kier alpha value is -1.03. The Morgan fingerprint density at radius 1 is 1.35 bits per heavy atom. The van der Waals surface area contributed by atoms with Crippen molar-refractivity contribution < 1.29 is 0 Å². The average molecular weight is 255 g/mol. The molecule has 0 aromatic carbocycles. The monoisotopic (exact) mass is 254 g/mol. The lowest BCUT2D eigenvalue weighted by Gasteiger charge is -2.35. The minimum atomic E-state index is 0.319. The van der Waals surface area contributed by atoms with Gasteiger partial charge in [-0.15, -0.1) is 0 Å². The number of nitrogens with zero attached hydrogens (tertiary/aromatic N) is 2. The molecule has 0 bridgehead atoms. The van der Waals surface area contributed by atoms with E-state index in [9.17, 15) is 0 Å². The Morgan fingerprint density at radius 2 is 2.12 bits per heavy atom. The number of aromatic nitrogens is 2. The third-order valence-corrected chi connectivity index (χ3v) is 4.17. The summed E-state index contributed by atoms with van der Waals surface area (Å²) in [5.41, 5.74) is 6.30. The summed E-state index contributed by atoms with van der Waals surface area (Å²) in [7, 11) is 0. The molecular weight excluding hydrogens is 236 g/mol. The molecule has 17 heavy (non-hydrogen) atoms. The molecule has 4 nitrogen and oxygen atoms in total. The Labute approximate surface area is 107 Å². The van der Waals surface area contributed by atoms with Crippen LogP contribution in [0.3, 0.4) is 0 Å². The van der Waals surface area contributed by atoms with Crippen molar-refractivity contribution in [1.29, 1.82) is 0 Å². The second kappa shape index (κ2) is 5.08. The number of nitrogens with one attached hydrogen (secondary N) is 1. The van der Waals surface area contributed by atoms with Gasteiger partial charge in [0.1, 0.15) is 12.0 Å². The van der Waals surface area contributed by atoms with Crippen LogP contribution in [-0.4, -0.2) is 16.0 Å². The summed E-state index contributed by atoms with van der Waals surface area (Å²) in [5.74, 6) is 2.02. The van der Waals surface area contributed by atoms with E-state index in [0.717, 1.165) is 12.3 Å². The van der Waals surface area contributed by atoms with Gasteiger partial charge < -0.3 is 11.1 Å². The van der Waals surface area contributed by atoms with Crippen LogP contribution < -0.4 is 11.1 Å². The number of anilines is 2. The molecule has 0 radical (unpaired) electrons. The lowest BCUT2D eigenvalue weighted by atomic mass is 9.78. The fourth-order valence-corrected chi connectivity index (χ4v) is 2.58. The van der Waals surface area contributed by atoms with Crippen LogP contribution in [0.5, 0.6) is 0 Å². The van der Waals surface area contributed by atoms with E-state index in [1.165, 1.54) is 19.2 Å². The number of nitrogens with two attached hydrogens (primary N) is 1. The Balaban J connectivity index is 2.12. The van der Waals surface area contributed by atoms with E-state index in [1.807, 2.05) is 0 Å². The maximum absolute atomic E-state index is 5.88. The highest BCUT2D eigenvalue weighted by molar-refractivity contribution is 6.32. The first-order valence-electron chi connectivity index (χ1n) is 6.12. The minimum absolute atomic E-state index is 0.319. The molecule has 1 aromatic rings. The van der Waals surface area contributed by atoms with Gasteiger partial charge in [0.05, 0.1) is 0 Å². The molecule has 3 atom stereocenters. The highest BCUT2D eigenvalue weighted by Crippen LogP contribution is 2.32. The van der Waals surface area contributed by atoms with Crippen molar-refractivity contribution in [3.63, 3.8) is 0 Å². The van der Waals surface area contributed by atoms with Gasteiger partial charge in [-0.3, -0.25) is 0 Å². The van der Waals surface area contributed by atoms with Crippen LogP contribution in [0.2, 0.25) is 5.15 Å². The largest absolute Gasteiger partial charge is 0.393 e. The number of nitrogen functional groups attached to an aromatic ring is 1. The Kier molecular flexibility index (Phi) is 3.72. The van der Waals surface area contributed by atoms with Crippen molar-refractivity contribution in [1.82, 2.24) is 9.97 Å². The van der Waals surface area contributed by atoms with E-state index >= 15 is 0 Å². The topological polar surface area (TPSA) is 63.8 Å². The van der Waals surface area contributed by atoms with Crippen LogP contribution in [-0.2, 0) is 0 Å². The normalized spacial score (nSPS) is 29.0. The highest BCUT2D eigenvalue weighted by Gasteiger charge is 2.27. The molecule has 5 heteroatoms. The van der Waals surface area contributed by atoms with Crippen molar-refractivity contribution in [2.75, 3.05) is 11.1 Å². The molecular formula is C12H19ClN4. The van der Waals surface area contributed by atoms with E-state index in [-0.39, 0.29) is 0 Å². The van der Waals surface area contributed by atoms with Gasteiger partial charge in [0.25, 0.3) is 0 Å². The van der Waals surface area contributed by atoms with Crippen LogP contribution in [0.1, 0.15) is 33.1 Å². The molecule has 94 valence electrons. The van der Waals surface area contributed by atoms with E-state index in [2.05, 4.69) is 29.1 Å². The summed E-state index contributed by atoms with van der Waals surface area (Å²) >= 11 is 5.88. The van der Waals surface area contributed by atoms with E-state index < -0.39 is 0 Å². The predicted molar refractivity (Wildman–Crippen MR) is 71.0 cm³/mol. The summed E-state index contributed by atoms with van der Waals surface area (Å²) in [6, 6.07) is 0.423. The fraction of sp³-hybridized carbons (Fsp3) is 0.667. The average Bonchev–Trinajstić information content (AvgIpc) is 2.31. The molecule has 1 heterocycles. The molecule has 2 rings (SSSR count). The first-order chi connectivity index (χ1) is 8.09. The molecule has 1 fully saturated rings. The zero-order valence-electron chi connectivity index (χ0n) is 10.3. The standard InChI is InChI=1S/C12H19ClN4/c1-7-4-3-5-9(8(7)2)17-12-10(14)11(13)15-6-16-12/h6-9H,3-5,14H2,1-2H3,(H,15,16,17). The quantitative estimate of drug-likeness (QED) is 0.797. The third-order valence-electron chi connectivity index (χ3n) is 3.86. The first-order valence-corrected chi connectivity index (χ1v) is 6.50. The minimum Gasteiger partial charge on any atom is -0.393 e. The van der Waals surface area contributed by atoms with Crippen LogP contribution in [0.25, 0.3) is 0 Å². The number of halogens is 1. The SMILES string of the molecule is CC1CCCC(Nc2ncnc(Cl)c2N)C1C. The van der Waals surface area contributed by atoms with Crippen molar-refractivity contribution in [2.24, 2.45) is 11.8 Å². The van der Waals surface area contributed by atoms with Crippen LogP contribution in [0.15, 0.2) is 6.33 Å². The maximum atomic E-state index is 5.88. The van der Waals surface area contributed by atoms with Crippen molar-refractivity contribution in [2.45, 2.75) is 39.2 Å². The van der Waals surface area contributed by atoms with Gasteiger partial charge in [-0.1, -0.05) is 38.3 Å². The first kappa shape index (κ1) is 12.4. The number of hydrogen-bond donors (Lipinski definition) is 2. The van der Waals surface area contributed by atoms with Crippen LogP contribution >= 0.6 is 11.6 Å². The Morgan fingerprint density at radius 3 is 2.88 bits per heavy atom. The molecule has 0 saturated heterocycles. The van der Waals surface area contributed by atoms with Gasteiger partial charge in [0.2, 0.25) is 0 Å². The van der Waals surface area contributed by atoms with E-state index in [0.29, 0.717) is 28.6 Å². The van der Waals surface area contributed by atoms with E-state index in [4.69, 9.17) is 17.3 Å². The molecule has 1 aliphatic rings. The molecule has 1 aromatic heterocycles. The van der Waals surface area contributed by atoms with Crippen molar-refractivity contribution in [3.05, 3.63) is 11.5 Å². The van der Waals surface area contributed by atoms with Crippen molar-refractivity contribution in [3.8, 4) is 0 Å². The summed E-state index contributed by atoms with van der Waals surface area (Å²) in [6.07, 6.45) is 5.16. The lowest BCUT2D eigenvalue weighted by molar-refractivity contribution is 0.253.